The summed E-state index contributed by atoms with van der Waals surface area (Å²) in [6.45, 7) is 6.70. The maximum absolute atomic E-state index is 12.9. The molecule has 1 aliphatic carbocycles. The lowest BCUT2D eigenvalue weighted by Crippen LogP contribution is -2.56. The number of tetrazole rings is 1. The van der Waals surface area contributed by atoms with Gasteiger partial charge >= 0.3 is 5.97 Å². The minimum Gasteiger partial charge on any atom is -0.477 e. The minimum absolute atomic E-state index is 0.103. The predicted molar refractivity (Wildman–Crippen MR) is 112 cm³/mol. The molecule has 2 aliphatic rings. The maximum atomic E-state index is 12.9. The number of alkyl halides is 2. The summed E-state index contributed by atoms with van der Waals surface area (Å²) >= 11 is 0. The Morgan fingerprint density at radius 1 is 1.31 bits per heavy atom. The number of anilines is 1. The molecule has 0 atom stereocenters. The Kier molecular flexibility index (Phi) is 6.91. The van der Waals surface area contributed by atoms with E-state index in [0.29, 0.717) is 24.8 Å². The molecule has 2 aromatic heterocycles. The molecule has 0 unspecified atom stereocenters. The molecule has 176 valence electrons. The second kappa shape index (κ2) is 9.31. The summed E-state index contributed by atoms with van der Waals surface area (Å²) in [7, 11) is 1.83. The topological polar surface area (TPSA) is 118 Å². The van der Waals surface area contributed by atoms with Crippen molar-refractivity contribution >= 4 is 11.7 Å². The van der Waals surface area contributed by atoms with Crippen molar-refractivity contribution in [1.82, 2.24) is 30.5 Å². The van der Waals surface area contributed by atoms with E-state index >= 15 is 0 Å². The molecule has 2 fully saturated rings. The second-order valence-electron chi connectivity index (χ2n) is 9.11. The van der Waals surface area contributed by atoms with E-state index in [2.05, 4.69) is 46.6 Å². The van der Waals surface area contributed by atoms with E-state index in [1.807, 2.05) is 7.05 Å². The minimum atomic E-state index is -2.70. The lowest BCUT2D eigenvalue weighted by Gasteiger charge is -2.40. The van der Waals surface area contributed by atoms with Gasteiger partial charge in [0, 0.05) is 12.6 Å². The van der Waals surface area contributed by atoms with Gasteiger partial charge in [-0.3, -0.25) is 0 Å². The Hall–Kier alpha value is -2.89. The average Bonchev–Trinajstić information content (AvgIpc) is 3.42. The molecule has 0 radical (unpaired) electrons. The predicted octanol–water partition coefficient (Wildman–Crippen LogP) is 2.12. The number of pyridine rings is 1. The number of hydrogen-bond donors (Lipinski definition) is 2. The highest BCUT2D eigenvalue weighted by Crippen LogP contribution is 2.37. The van der Waals surface area contributed by atoms with Crippen LogP contribution in [0.5, 0.6) is 5.88 Å². The maximum Gasteiger partial charge on any atom is 0.354 e. The molecule has 10 nitrogen and oxygen atoms in total. The largest absolute Gasteiger partial charge is 0.477 e. The van der Waals surface area contributed by atoms with E-state index in [1.165, 1.54) is 17.0 Å². The molecule has 3 heterocycles. The third-order valence-corrected chi connectivity index (χ3v) is 4.88. The molecule has 0 spiro atoms. The molecular formula is C20H29F2N7O3. The number of carboxylic acid groups (broad SMARTS) is 1. The number of aryl methyl sites for hydroxylation is 1. The summed E-state index contributed by atoms with van der Waals surface area (Å²) in [5.41, 5.74) is 0.389. The van der Waals surface area contributed by atoms with Crippen LogP contribution in [0.1, 0.15) is 49.9 Å². The quantitative estimate of drug-likeness (QED) is 0.650. The number of ether oxygens (including phenoxy) is 1. The average molecular weight is 453 g/mol. The number of aromatic nitrogens is 5. The fourth-order valence-electron chi connectivity index (χ4n) is 2.80. The van der Waals surface area contributed by atoms with E-state index in [9.17, 15) is 13.6 Å². The van der Waals surface area contributed by atoms with Crippen LogP contribution in [0.3, 0.4) is 0 Å². The number of hydrogen-bond acceptors (Lipinski definition) is 8. The van der Waals surface area contributed by atoms with Gasteiger partial charge in [0.15, 0.2) is 11.5 Å². The van der Waals surface area contributed by atoms with Gasteiger partial charge in [-0.1, -0.05) is 0 Å². The Balaban J connectivity index is 0.000000207. The number of halogens is 2. The van der Waals surface area contributed by atoms with E-state index in [-0.39, 0.29) is 30.2 Å². The fourth-order valence-corrected chi connectivity index (χ4v) is 2.80. The van der Waals surface area contributed by atoms with Gasteiger partial charge in [0.25, 0.3) is 5.92 Å². The monoisotopic (exact) mass is 453 g/mol. The van der Waals surface area contributed by atoms with Crippen molar-refractivity contribution in [3.63, 3.8) is 0 Å². The molecule has 0 amide bonds. The molecular weight excluding hydrogens is 424 g/mol. The molecule has 1 saturated heterocycles. The number of carboxylic acids is 1. The molecule has 1 aliphatic heterocycles. The lowest BCUT2D eigenvalue weighted by molar-refractivity contribution is -0.0265. The van der Waals surface area contributed by atoms with E-state index < -0.39 is 11.9 Å². The highest BCUT2D eigenvalue weighted by atomic mass is 19.3. The van der Waals surface area contributed by atoms with E-state index in [1.54, 1.807) is 4.68 Å². The molecule has 1 saturated carbocycles. The first kappa shape index (κ1) is 23.8. The first-order valence-corrected chi connectivity index (χ1v) is 10.4. The van der Waals surface area contributed by atoms with Crippen LogP contribution < -0.4 is 15.0 Å². The van der Waals surface area contributed by atoms with Crippen LogP contribution in [0, 0.1) is 5.92 Å². The Labute approximate surface area is 185 Å². The molecule has 32 heavy (non-hydrogen) atoms. The van der Waals surface area contributed by atoms with Crippen LogP contribution in [-0.2, 0) is 13.6 Å². The van der Waals surface area contributed by atoms with Gasteiger partial charge in [-0.25, -0.2) is 23.2 Å². The van der Waals surface area contributed by atoms with Crippen LogP contribution in [0.2, 0.25) is 0 Å². The highest BCUT2D eigenvalue weighted by Gasteiger charge is 2.45. The van der Waals surface area contributed by atoms with Gasteiger partial charge in [0.1, 0.15) is 5.69 Å². The number of carbonyl (C=O) groups is 1. The Bertz CT molecular complexity index is 934. The molecule has 0 aromatic carbocycles. The van der Waals surface area contributed by atoms with Crippen molar-refractivity contribution < 1.29 is 23.4 Å². The summed E-state index contributed by atoms with van der Waals surface area (Å²) in [5.74, 6) is -2.41. The molecule has 12 heteroatoms. The van der Waals surface area contributed by atoms with Crippen LogP contribution >= 0.6 is 0 Å². The standard InChI is InChI=1S/C13H14F2N2O3.C7H15N5/c14-13(15)6-17(7-13)10-4-3-9(12(18)19)16-11(10)20-5-8-1-2-8;1-7(2,3)8-5-6-9-10-11-12(6)4/h3-4,8H,1-2,5-7H2,(H,18,19);8H,5H2,1-4H3. The number of nitrogens with one attached hydrogen (secondary N) is 1. The number of nitrogens with zero attached hydrogens (tertiary/aromatic N) is 6. The van der Waals surface area contributed by atoms with Crippen molar-refractivity contribution in [2.75, 3.05) is 24.6 Å². The second-order valence-corrected chi connectivity index (χ2v) is 9.11. The third-order valence-electron chi connectivity index (χ3n) is 4.88. The van der Waals surface area contributed by atoms with Gasteiger partial charge in [-0.05, 0) is 62.1 Å². The summed E-state index contributed by atoms with van der Waals surface area (Å²) in [4.78, 5) is 16.3. The first-order chi connectivity index (χ1) is 14.9. The zero-order valence-electron chi connectivity index (χ0n) is 18.7. The van der Waals surface area contributed by atoms with Crippen molar-refractivity contribution in [2.24, 2.45) is 13.0 Å². The normalized spacial score (nSPS) is 17.2. The summed E-state index contributed by atoms with van der Waals surface area (Å²) < 4.78 is 33.1. The summed E-state index contributed by atoms with van der Waals surface area (Å²) in [6, 6.07) is 2.78. The fraction of sp³-hybridized carbons (Fsp3) is 0.650. The summed E-state index contributed by atoms with van der Waals surface area (Å²) in [6.07, 6.45) is 2.16. The smallest absolute Gasteiger partial charge is 0.354 e. The molecule has 4 rings (SSSR count). The zero-order chi connectivity index (χ0) is 23.5. The van der Waals surface area contributed by atoms with E-state index in [0.717, 1.165) is 18.7 Å². The lowest BCUT2D eigenvalue weighted by atomic mass is 10.1. The van der Waals surface area contributed by atoms with Crippen molar-refractivity contribution in [3.05, 3.63) is 23.7 Å². The van der Waals surface area contributed by atoms with Crippen LogP contribution in [0.15, 0.2) is 12.1 Å². The Morgan fingerprint density at radius 3 is 2.50 bits per heavy atom. The van der Waals surface area contributed by atoms with Crippen molar-refractivity contribution in [2.45, 2.75) is 51.6 Å². The van der Waals surface area contributed by atoms with Crippen LogP contribution in [0.4, 0.5) is 14.5 Å². The zero-order valence-corrected chi connectivity index (χ0v) is 18.7. The highest BCUT2D eigenvalue weighted by molar-refractivity contribution is 5.86. The van der Waals surface area contributed by atoms with Crippen LogP contribution in [-0.4, -0.2) is 67.4 Å². The third kappa shape index (κ3) is 6.81. The number of aromatic carboxylic acids is 1. The first-order valence-electron chi connectivity index (χ1n) is 10.4. The SMILES string of the molecule is Cn1nnnc1CNC(C)(C)C.O=C(O)c1ccc(N2CC(F)(F)C2)c(OCC2CC2)n1. The van der Waals surface area contributed by atoms with Gasteiger partial charge in [0.05, 0.1) is 26.2 Å². The van der Waals surface area contributed by atoms with E-state index in [4.69, 9.17) is 9.84 Å². The van der Waals surface area contributed by atoms with Gasteiger partial charge in [0.2, 0.25) is 5.88 Å². The van der Waals surface area contributed by atoms with Gasteiger partial charge in [-0.15, -0.1) is 5.10 Å². The van der Waals surface area contributed by atoms with Crippen LogP contribution in [0.25, 0.3) is 0 Å². The molecule has 2 aromatic rings. The number of rotatable bonds is 7. The van der Waals surface area contributed by atoms with Gasteiger partial charge in [-0.2, -0.15) is 0 Å². The van der Waals surface area contributed by atoms with Gasteiger partial charge < -0.3 is 20.1 Å². The molecule has 2 N–H and O–H groups in total. The van der Waals surface area contributed by atoms with Crippen molar-refractivity contribution in [1.29, 1.82) is 0 Å². The summed E-state index contributed by atoms with van der Waals surface area (Å²) in [5, 5.41) is 23.4. The van der Waals surface area contributed by atoms with Crippen molar-refractivity contribution in [3.8, 4) is 5.88 Å². The Morgan fingerprint density at radius 2 is 2.00 bits per heavy atom. The molecule has 0 bridgehead atoms.